The molecule has 0 heterocycles. The fourth-order valence-electron chi connectivity index (χ4n) is 3.94. The quantitative estimate of drug-likeness (QED) is 0.252. The molecule has 4 rings (SSSR count). The summed E-state index contributed by atoms with van der Waals surface area (Å²) >= 11 is 0. The molecule has 0 atom stereocenters. The molecule has 5 nitrogen and oxygen atoms in total. The minimum absolute atomic E-state index is 0.178. The second kappa shape index (κ2) is 11.9. The molecule has 36 heavy (non-hydrogen) atoms. The Morgan fingerprint density at radius 2 is 0.972 bits per heavy atom. The van der Waals surface area contributed by atoms with Crippen LogP contribution >= 0.6 is 6.46 Å². The number of aryl methyl sites for hydroxylation is 1. The van der Waals surface area contributed by atoms with E-state index in [0.717, 1.165) is 21.5 Å². The van der Waals surface area contributed by atoms with Gasteiger partial charge in [0.05, 0.1) is 10.6 Å². The number of hydrogen-bond donors (Lipinski definition) is 0. The predicted molar refractivity (Wildman–Crippen MR) is 148 cm³/mol. The minimum atomic E-state index is -4.27. The van der Waals surface area contributed by atoms with E-state index in [-0.39, 0.29) is 10.6 Å². The van der Waals surface area contributed by atoms with E-state index in [1.165, 1.54) is 12.1 Å². The molecular weight excluding hydrogens is 511 g/mol. The van der Waals surface area contributed by atoms with Crippen molar-refractivity contribution in [2.24, 2.45) is 0 Å². The van der Waals surface area contributed by atoms with Gasteiger partial charge in [-0.1, -0.05) is 79.2 Å². The molecule has 0 N–H and O–H groups in total. The number of rotatable bonds is 7. The summed E-state index contributed by atoms with van der Waals surface area (Å²) in [6, 6.07) is 34.9. The summed E-state index contributed by atoms with van der Waals surface area (Å²) in [7, 11) is -7.65. The fourth-order valence-corrected chi connectivity index (χ4v) is 14.2. The van der Waals surface area contributed by atoms with Gasteiger partial charge in [-0.15, -0.1) is 0 Å². The van der Waals surface area contributed by atoms with E-state index < -0.39 is 26.0 Å². The molecule has 188 valence electrons. The molecule has 4 aromatic rings. The first-order chi connectivity index (χ1) is 17.1. The van der Waals surface area contributed by atoms with Crippen molar-refractivity contribution in [3.05, 3.63) is 121 Å². The van der Waals surface area contributed by atoms with Crippen LogP contribution in [0.3, 0.4) is 0 Å². The van der Waals surface area contributed by atoms with Gasteiger partial charge in [0.1, 0.15) is 26.0 Å². The zero-order valence-corrected chi connectivity index (χ0v) is 22.7. The molecule has 0 aliphatic rings. The van der Waals surface area contributed by atoms with Crippen LogP contribution in [-0.4, -0.2) is 27.1 Å². The lowest BCUT2D eigenvalue weighted by atomic mass is 10.2. The van der Waals surface area contributed by atoms with E-state index in [2.05, 4.69) is 0 Å². The lowest BCUT2D eigenvalue weighted by Gasteiger charge is -2.26. The van der Waals surface area contributed by atoms with E-state index in [1.807, 2.05) is 105 Å². The van der Waals surface area contributed by atoms with Crippen molar-refractivity contribution in [2.75, 3.05) is 5.75 Å². The minimum Gasteiger partial charge on any atom is -0.744 e. The summed E-state index contributed by atoms with van der Waals surface area (Å²) in [4.78, 5) is -0.178. The molecule has 0 unspecified atom stereocenters. The summed E-state index contributed by atoms with van der Waals surface area (Å²) in [5, 5.41) is 2.67. The van der Waals surface area contributed by atoms with Gasteiger partial charge in [-0.3, -0.25) is 0 Å². The monoisotopic (exact) mass is 540 g/mol. The van der Waals surface area contributed by atoms with Crippen LogP contribution in [0, 0.1) is 6.92 Å². The van der Waals surface area contributed by atoms with Crippen molar-refractivity contribution < 1.29 is 21.4 Å². The van der Waals surface area contributed by atoms with Crippen LogP contribution in [0.15, 0.2) is 120 Å². The van der Waals surface area contributed by atoms with Crippen LogP contribution in [0.2, 0.25) is 0 Å². The van der Waals surface area contributed by atoms with E-state index in [9.17, 15) is 21.4 Å². The summed E-state index contributed by atoms with van der Waals surface area (Å²) in [5.41, 5.74) is 0.928. The van der Waals surface area contributed by atoms with Gasteiger partial charge in [0.25, 0.3) is 9.46 Å². The molecule has 0 saturated carbocycles. The SMILES string of the molecule is CCCS(=O)(=O)[P+](c1ccccc1)(c1ccccc1)c1ccccc1.Cc1ccc(S(=O)(=O)[O-])cc1. The molecule has 0 saturated heterocycles. The lowest BCUT2D eigenvalue weighted by molar-refractivity contribution is 0.463. The highest BCUT2D eigenvalue weighted by Gasteiger charge is 2.56. The second-order valence-corrected chi connectivity index (χ2v) is 17.2. The Morgan fingerprint density at radius 1 is 0.611 bits per heavy atom. The largest absolute Gasteiger partial charge is 0.744 e. The van der Waals surface area contributed by atoms with Crippen LogP contribution < -0.4 is 15.9 Å². The standard InChI is InChI=1S/C21H22O2PS.C7H8O3S/c1-2-18-25(22,23)24(19-12-6-3-7-13-19,20-14-8-4-9-15-20)21-16-10-5-11-17-21;1-6-2-4-7(5-3-6)11(8,9)10/h3-17H,2,18H2,1H3;2-5H,1H3,(H,8,9,10)/q+1;/p-1. The first kappa shape index (κ1) is 27.8. The average molecular weight is 541 g/mol. The second-order valence-electron chi connectivity index (χ2n) is 8.17. The van der Waals surface area contributed by atoms with Gasteiger partial charge in [0.15, 0.2) is 0 Å². The molecule has 8 heteroatoms. The highest BCUT2D eigenvalue weighted by atomic mass is 32.8. The molecule has 0 aliphatic carbocycles. The summed E-state index contributed by atoms with van der Waals surface area (Å²) in [6.07, 6.45) is 0.608. The lowest BCUT2D eigenvalue weighted by Crippen LogP contribution is -2.37. The van der Waals surface area contributed by atoms with Crippen molar-refractivity contribution in [3.8, 4) is 0 Å². The van der Waals surface area contributed by atoms with E-state index in [4.69, 9.17) is 0 Å². The first-order valence-electron chi connectivity index (χ1n) is 11.4. The number of hydrogen-bond acceptors (Lipinski definition) is 5. The van der Waals surface area contributed by atoms with Gasteiger partial charge >= 0.3 is 0 Å². The van der Waals surface area contributed by atoms with Crippen LogP contribution in [0.5, 0.6) is 0 Å². The molecule has 4 aromatic carbocycles. The molecule has 0 aromatic heterocycles. The normalized spacial score (nSPS) is 11.9. The third-order valence-electron chi connectivity index (χ3n) is 5.55. The Morgan fingerprint density at radius 3 is 1.28 bits per heavy atom. The summed E-state index contributed by atoms with van der Waals surface area (Å²) in [6.45, 7) is 0.944. The maximum absolute atomic E-state index is 13.7. The van der Waals surface area contributed by atoms with Gasteiger partial charge in [0, 0.05) is 0 Å². The van der Waals surface area contributed by atoms with Crippen LogP contribution in [0.25, 0.3) is 0 Å². The average Bonchev–Trinajstić information content (AvgIpc) is 2.86. The van der Waals surface area contributed by atoms with Crippen LogP contribution in [-0.2, 0) is 19.6 Å². The smallest absolute Gasteiger partial charge is 0.270 e. The molecule has 0 radical (unpaired) electrons. The Kier molecular flexibility index (Phi) is 9.20. The van der Waals surface area contributed by atoms with Crippen molar-refractivity contribution in [3.63, 3.8) is 0 Å². The predicted octanol–water partition coefficient (Wildman–Crippen LogP) is 4.62. The highest BCUT2D eigenvalue weighted by molar-refractivity contribution is 8.64. The van der Waals surface area contributed by atoms with Gasteiger partial charge in [-0.25, -0.2) is 8.42 Å². The molecule has 0 aliphatic heterocycles. The zero-order valence-electron chi connectivity index (χ0n) is 20.2. The van der Waals surface area contributed by atoms with E-state index in [0.29, 0.717) is 6.42 Å². The van der Waals surface area contributed by atoms with Gasteiger partial charge in [-0.05, 0) is 61.9 Å². The molecule has 0 fully saturated rings. The Bertz CT molecular complexity index is 1360. The maximum atomic E-state index is 13.7. The molecular formula is C28H29O5PS2. The van der Waals surface area contributed by atoms with Gasteiger partial charge in [-0.2, -0.15) is 8.42 Å². The van der Waals surface area contributed by atoms with Crippen LogP contribution in [0.1, 0.15) is 18.9 Å². The highest BCUT2D eigenvalue weighted by Crippen LogP contribution is 2.61. The Hall–Kier alpha value is -2.83. The molecule has 0 spiro atoms. The maximum Gasteiger partial charge on any atom is 0.270 e. The number of benzene rings is 4. The van der Waals surface area contributed by atoms with Crippen molar-refractivity contribution in [2.45, 2.75) is 25.2 Å². The summed E-state index contributed by atoms with van der Waals surface area (Å²) in [5.74, 6) is 0.180. The van der Waals surface area contributed by atoms with Gasteiger partial charge in [0.2, 0.25) is 6.46 Å². The van der Waals surface area contributed by atoms with Crippen molar-refractivity contribution in [1.29, 1.82) is 0 Å². The van der Waals surface area contributed by atoms with Crippen molar-refractivity contribution >= 4 is 42.0 Å². The van der Waals surface area contributed by atoms with Crippen LogP contribution in [0.4, 0.5) is 0 Å². The zero-order chi connectivity index (χ0) is 26.2. The Labute approximate surface area is 214 Å². The third kappa shape index (κ3) is 6.11. The van der Waals surface area contributed by atoms with Crippen molar-refractivity contribution in [1.82, 2.24) is 0 Å². The topological polar surface area (TPSA) is 91.3 Å². The van der Waals surface area contributed by atoms with E-state index in [1.54, 1.807) is 12.1 Å². The van der Waals surface area contributed by atoms with Gasteiger partial charge < -0.3 is 4.55 Å². The fraction of sp³-hybridized carbons (Fsp3) is 0.143. The molecule has 0 bridgehead atoms. The molecule has 0 amide bonds. The summed E-state index contributed by atoms with van der Waals surface area (Å²) < 4.78 is 58.6. The first-order valence-corrected chi connectivity index (χ1v) is 16.9. The van der Waals surface area contributed by atoms with E-state index >= 15 is 0 Å². The third-order valence-corrected chi connectivity index (χ3v) is 16.2. The Balaban J connectivity index is 0.000000275.